The highest BCUT2D eigenvalue weighted by Crippen LogP contribution is 2.13. The van der Waals surface area contributed by atoms with Gasteiger partial charge in [0.2, 0.25) is 5.91 Å². The second-order valence-corrected chi connectivity index (χ2v) is 6.66. The van der Waals surface area contributed by atoms with Gasteiger partial charge in [-0.1, -0.05) is 23.7 Å². The van der Waals surface area contributed by atoms with Gasteiger partial charge in [0.15, 0.2) is 5.65 Å². The Bertz CT molecular complexity index is 1180. The van der Waals surface area contributed by atoms with E-state index in [1.54, 1.807) is 22.7 Å². The molecule has 0 unspecified atom stereocenters. The van der Waals surface area contributed by atoms with Crippen LogP contribution in [0.25, 0.3) is 16.7 Å². The van der Waals surface area contributed by atoms with Crippen LogP contribution in [0.4, 0.5) is 0 Å². The molecule has 1 amide bonds. The van der Waals surface area contributed by atoms with Crippen LogP contribution in [0.15, 0.2) is 65.7 Å². The first-order valence-corrected chi connectivity index (χ1v) is 8.97. The molecule has 0 fully saturated rings. The van der Waals surface area contributed by atoms with Crippen LogP contribution in [-0.4, -0.2) is 26.4 Å². The molecule has 136 valence electrons. The van der Waals surface area contributed by atoms with Crippen LogP contribution in [0.3, 0.4) is 0 Å². The third-order valence-electron chi connectivity index (χ3n) is 4.45. The lowest BCUT2D eigenvalue weighted by Crippen LogP contribution is -2.34. The van der Waals surface area contributed by atoms with Crippen LogP contribution in [-0.2, 0) is 17.8 Å². The Morgan fingerprint density at radius 3 is 2.67 bits per heavy atom. The van der Waals surface area contributed by atoms with Gasteiger partial charge in [-0.15, -0.1) is 0 Å². The quantitative estimate of drug-likeness (QED) is 0.578. The zero-order valence-corrected chi connectivity index (χ0v) is 15.2. The summed E-state index contributed by atoms with van der Waals surface area (Å²) in [4.78, 5) is 29.5. The van der Waals surface area contributed by atoms with Crippen molar-refractivity contribution in [1.82, 2.24) is 19.3 Å². The van der Waals surface area contributed by atoms with Crippen molar-refractivity contribution >= 4 is 34.2 Å². The minimum atomic E-state index is -0.237. The number of aromatic nitrogens is 3. The largest absolute Gasteiger partial charge is 0.354 e. The molecule has 7 heteroatoms. The highest BCUT2D eigenvalue weighted by atomic mass is 35.5. The van der Waals surface area contributed by atoms with Crippen LogP contribution < -0.4 is 10.9 Å². The molecule has 0 radical (unpaired) electrons. The predicted octanol–water partition coefficient (Wildman–Crippen LogP) is 2.66. The van der Waals surface area contributed by atoms with Crippen molar-refractivity contribution in [2.45, 2.75) is 13.0 Å². The van der Waals surface area contributed by atoms with E-state index in [0.717, 1.165) is 11.1 Å². The standard InChI is InChI=1S/C20H17ClN4O2/c21-15-7-5-14(6-8-15)9-11-22-18(26)13-25-19-16(3-1-10-23-19)24-12-2-4-17(24)20(25)27/h1-8,10,12H,9,11,13H2,(H,22,26). The van der Waals surface area contributed by atoms with Crippen molar-refractivity contribution in [2.75, 3.05) is 6.54 Å². The number of fused-ring (bicyclic) bond motifs is 3. The second kappa shape index (κ2) is 7.25. The molecule has 4 rings (SSSR count). The maximum Gasteiger partial charge on any atom is 0.276 e. The van der Waals surface area contributed by atoms with Gasteiger partial charge < -0.3 is 9.72 Å². The summed E-state index contributed by atoms with van der Waals surface area (Å²) in [7, 11) is 0. The molecule has 0 aliphatic carbocycles. The topological polar surface area (TPSA) is 68.4 Å². The summed E-state index contributed by atoms with van der Waals surface area (Å²) in [6, 6.07) is 14.7. The van der Waals surface area contributed by atoms with E-state index < -0.39 is 0 Å². The SMILES string of the molecule is O=C(Cn1c(=O)c2cccn2c2cccnc21)NCCc1ccc(Cl)cc1. The van der Waals surface area contributed by atoms with E-state index in [9.17, 15) is 9.59 Å². The summed E-state index contributed by atoms with van der Waals surface area (Å²) < 4.78 is 3.21. The molecule has 1 N–H and O–H groups in total. The predicted molar refractivity (Wildman–Crippen MR) is 105 cm³/mol. The summed E-state index contributed by atoms with van der Waals surface area (Å²) in [5, 5.41) is 3.54. The number of hydrogen-bond acceptors (Lipinski definition) is 3. The molecular formula is C20H17ClN4O2. The number of nitrogens with zero attached hydrogens (tertiary/aromatic N) is 3. The van der Waals surface area contributed by atoms with Crippen molar-refractivity contribution in [1.29, 1.82) is 0 Å². The van der Waals surface area contributed by atoms with Gasteiger partial charge in [0.05, 0.1) is 5.52 Å². The van der Waals surface area contributed by atoms with Gasteiger partial charge in [0, 0.05) is 24.0 Å². The van der Waals surface area contributed by atoms with Crippen molar-refractivity contribution in [3.8, 4) is 0 Å². The van der Waals surface area contributed by atoms with E-state index in [1.165, 1.54) is 4.57 Å². The molecule has 3 heterocycles. The number of amides is 1. The van der Waals surface area contributed by atoms with Crippen molar-refractivity contribution in [3.63, 3.8) is 0 Å². The smallest absolute Gasteiger partial charge is 0.276 e. The molecule has 0 bridgehead atoms. The highest BCUT2D eigenvalue weighted by Gasteiger charge is 2.13. The lowest BCUT2D eigenvalue weighted by molar-refractivity contribution is -0.121. The molecule has 0 aliphatic rings. The van der Waals surface area contributed by atoms with Gasteiger partial charge in [-0.25, -0.2) is 4.98 Å². The van der Waals surface area contributed by atoms with Crippen LogP contribution in [0.2, 0.25) is 5.02 Å². The van der Waals surface area contributed by atoms with Gasteiger partial charge >= 0.3 is 0 Å². The lowest BCUT2D eigenvalue weighted by atomic mass is 10.1. The van der Waals surface area contributed by atoms with Crippen molar-refractivity contribution < 1.29 is 4.79 Å². The molecular weight excluding hydrogens is 364 g/mol. The minimum Gasteiger partial charge on any atom is -0.354 e. The Labute approximate surface area is 160 Å². The molecule has 0 atom stereocenters. The van der Waals surface area contributed by atoms with Crippen LogP contribution in [0.5, 0.6) is 0 Å². The van der Waals surface area contributed by atoms with Crippen LogP contribution in [0, 0.1) is 0 Å². The number of carbonyl (C=O) groups is 1. The summed E-state index contributed by atoms with van der Waals surface area (Å²) in [5.41, 5.74) is 2.63. The number of hydrogen-bond donors (Lipinski definition) is 1. The van der Waals surface area contributed by atoms with Gasteiger partial charge in [-0.05, 0) is 48.4 Å². The zero-order valence-electron chi connectivity index (χ0n) is 14.4. The maximum atomic E-state index is 12.8. The van der Waals surface area contributed by atoms with E-state index in [-0.39, 0.29) is 18.0 Å². The van der Waals surface area contributed by atoms with E-state index in [2.05, 4.69) is 10.3 Å². The number of nitrogens with one attached hydrogen (secondary N) is 1. The van der Waals surface area contributed by atoms with Gasteiger partial charge in [-0.2, -0.15) is 0 Å². The summed E-state index contributed by atoms with van der Waals surface area (Å²) in [5.74, 6) is -0.228. The fourth-order valence-corrected chi connectivity index (χ4v) is 3.25. The first kappa shape index (κ1) is 17.3. The number of carbonyl (C=O) groups excluding carboxylic acids is 1. The molecule has 0 spiro atoms. The Morgan fingerprint density at radius 2 is 1.85 bits per heavy atom. The monoisotopic (exact) mass is 380 g/mol. The Morgan fingerprint density at radius 1 is 1.07 bits per heavy atom. The molecule has 1 aromatic carbocycles. The van der Waals surface area contributed by atoms with Gasteiger partial charge in [0.1, 0.15) is 12.1 Å². The molecule has 0 saturated heterocycles. The van der Waals surface area contributed by atoms with E-state index in [0.29, 0.717) is 29.2 Å². The molecule has 6 nitrogen and oxygen atoms in total. The Kier molecular flexibility index (Phi) is 4.64. The van der Waals surface area contributed by atoms with E-state index in [4.69, 9.17) is 11.6 Å². The second-order valence-electron chi connectivity index (χ2n) is 6.23. The average Bonchev–Trinajstić information content (AvgIpc) is 3.17. The first-order valence-electron chi connectivity index (χ1n) is 8.59. The van der Waals surface area contributed by atoms with E-state index in [1.807, 2.05) is 42.6 Å². The van der Waals surface area contributed by atoms with Crippen LogP contribution in [0.1, 0.15) is 5.56 Å². The fraction of sp³-hybridized carbons (Fsp3) is 0.150. The molecule has 0 saturated carbocycles. The van der Waals surface area contributed by atoms with E-state index >= 15 is 0 Å². The van der Waals surface area contributed by atoms with Crippen LogP contribution >= 0.6 is 11.6 Å². The maximum absolute atomic E-state index is 12.8. The summed E-state index contributed by atoms with van der Waals surface area (Å²) in [6.07, 6.45) is 4.12. The number of pyridine rings is 1. The minimum absolute atomic E-state index is 0.0748. The molecule has 4 aromatic rings. The average molecular weight is 381 g/mol. The zero-order chi connectivity index (χ0) is 18.8. The Balaban J connectivity index is 1.53. The van der Waals surface area contributed by atoms with Crippen molar-refractivity contribution in [3.05, 3.63) is 81.9 Å². The third-order valence-corrected chi connectivity index (χ3v) is 4.70. The number of benzene rings is 1. The molecule has 3 aromatic heterocycles. The third kappa shape index (κ3) is 3.44. The summed E-state index contributed by atoms with van der Waals surface area (Å²) >= 11 is 5.87. The number of halogens is 1. The Hall–Kier alpha value is -3.12. The number of rotatable bonds is 5. The molecule has 27 heavy (non-hydrogen) atoms. The lowest BCUT2D eigenvalue weighted by Gasteiger charge is -2.12. The summed E-state index contributed by atoms with van der Waals surface area (Å²) in [6.45, 7) is 0.405. The fourth-order valence-electron chi connectivity index (χ4n) is 3.13. The van der Waals surface area contributed by atoms with Crippen molar-refractivity contribution in [2.24, 2.45) is 0 Å². The first-order chi connectivity index (χ1) is 13.1. The normalized spacial score (nSPS) is 11.1. The van der Waals surface area contributed by atoms with Gasteiger partial charge in [0.25, 0.3) is 5.56 Å². The highest BCUT2D eigenvalue weighted by molar-refractivity contribution is 6.30. The van der Waals surface area contributed by atoms with Gasteiger partial charge in [-0.3, -0.25) is 14.2 Å². The molecule has 0 aliphatic heterocycles.